The van der Waals surface area contributed by atoms with Crippen LogP contribution in [0, 0.1) is 0 Å². The predicted molar refractivity (Wildman–Crippen MR) is 78.1 cm³/mol. The molecular formula is C15H23O3P. The normalized spacial score (nSPS) is 25.4. The second kappa shape index (κ2) is 4.44. The molecule has 1 heterocycles. The van der Waals surface area contributed by atoms with Crippen LogP contribution in [-0.2, 0) is 24.6 Å². The molecule has 0 aromatic heterocycles. The van der Waals surface area contributed by atoms with E-state index < -0.39 is 13.2 Å². The molecule has 1 aliphatic rings. The van der Waals surface area contributed by atoms with Crippen molar-refractivity contribution in [3.63, 3.8) is 0 Å². The van der Waals surface area contributed by atoms with Crippen LogP contribution in [0.15, 0.2) is 18.2 Å². The van der Waals surface area contributed by atoms with Crippen molar-refractivity contribution in [1.29, 1.82) is 0 Å². The second-order valence-corrected chi connectivity index (χ2v) is 8.42. The minimum absolute atomic E-state index is 0.0127. The molecule has 3 nitrogen and oxygen atoms in total. The summed E-state index contributed by atoms with van der Waals surface area (Å²) < 4.78 is 24.1. The highest BCUT2D eigenvalue weighted by Gasteiger charge is 2.47. The summed E-state index contributed by atoms with van der Waals surface area (Å²) in [6, 6.07) is 6.10. The van der Waals surface area contributed by atoms with E-state index in [1.807, 2.05) is 32.9 Å². The van der Waals surface area contributed by atoms with Crippen LogP contribution < -0.4 is 5.30 Å². The molecule has 106 valence electrons. The van der Waals surface area contributed by atoms with E-state index in [-0.39, 0.29) is 5.41 Å². The SMILES string of the molecule is CCOP1(=O)OC(C)(C)c2ccc(C(C)(C)C)cc21. The van der Waals surface area contributed by atoms with Gasteiger partial charge in [0.2, 0.25) is 0 Å². The van der Waals surface area contributed by atoms with Crippen molar-refractivity contribution in [1.82, 2.24) is 0 Å². The number of hydrogen-bond acceptors (Lipinski definition) is 3. The Morgan fingerprint density at radius 1 is 1.32 bits per heavy atom. The number of fused-ring (bicyclic) bond motifs is 1. The molecule has 0 saturated carbocycles. The Kier molecular flexibility index (Phi) is 3.45. The van der Waals surface area contributed by atoms with Gasteiger partial charge >= 0.3 is 7.60 Å². The highest BCUT2D eigenvalue weighted by atomic mass is 31.2. The molecule has 0 bridgehead atoms. The van der Waals surface area contributed by atoms with E-state index in [4.69, 9.17) is 9.05 Å². The van der Waals surface area contributed by atoms with Gasteiger partial charge in [-0.15, -0.1) is 0 Å². The molecule has 4 heteroatoms. The van der Waals surface area contributed by atoms with Crippen molar-refractivity contribution < 1.29 is 13.6 Å². The highest BCUT2D eigenvalue weighted by molar-refractivity contribution is 7.62. The van der Waals surface area contributed by atoms with Crippen molar-refractivity contribution >= 4 is 12.9 Å². The lowest BCUT2D eigenvalue weighted by Gasteiger charge is -2.21. The zero-order valence-corrected chi connectivity index (χ0v) is 13.5. The van der Waals surface area contributed by atoms with Crippen LogP contribution in [0.1, 0.15) is 52.7 Å². The molecule has 0 radical (unpaired) electrons. The molecular weight excluding hydrogens is 259 g/mol. The van der Waals surface area contributed by atoms with Gasteiger partial charge in [-0.3, -0.25) is 9.09 Å². The van der Waals surface area contributed by atoms with E-state index in [1.165, 1.54) is 0 Å². The lowest BCUT2D eigenvalue weighted by molar-refractivity contribution is 0.0967. The lowest BCUT2D eigenvalue weighted by atomic mass is 9.85. The monoisotopic (exact) mass is 282 g/mol. The Hall–Kier alpha value is -0.630. The zero-order valence-electron chi connectivity index (χ0n) is 12.6. The van der Waals surface area contributed by atoms with Crippen LogP contribution >= 0.6 is 7.60 Å². The number of rotatable bonds is 2. The Labute approximate surface area is 115 Å². The first-order valence-corrected chi connectivity index (χ1v) is 8.25. The summed E-state index contributed by atoms with van der Waals surface area (Å²) in [5, 5.41) is 0.728. The van der Waals surface area contributed by atoms with Gasteiger partial charge in [0, 0.05) is 0 Å². The van der Waals surface area contributed by atoms with Gasteiger partial charge in [0.15, 0.2) is 0 Å². The average molecular weight is 282 g/mol. The average Bonchev–Trinajstić information content (AvgIpc) is 2.45. The summed E-state index contributed by atoms with van der Waals surface area (Å²) in [6.07, 6.45) is 0. The molecule has 0 N–H and O–H groups in total. The van der Waals surface area contributed by atoms with Crippen molar-refractivity contribution in [2.24, 2.45) is 0 Å². The molecule has 0 fully saturated rings. The molecule has 0 spiro atoms. The number of hydrogen-bond donors (Lipinski definition) is 0. The van der Waals surface area contributed by atoms with Crippen molar-refractivity contribution in [3.05, 3.63) is 29.3 Å². The maximum absolute atomic E-state index is 12.9. The van der Waals surface area contributed by atoms with Gasteiger partial charge in [0.25, 0.3) is 0 Å². The summed E-state index contributed by atoms with van der Waals surface area (Å²) in [4.78, 5) is 0. The summed E-state index contributed by atoms with van der Waals surface area (Å²) in [5.41, 5.74) is 1.57. The minimum atomic E-state index is -3.18. The van der Waals surface area contributed by atoms with E-state index in [0.717, 1.165) is 16.4 Å². The molecule has 2 rings (SSSR count). The Morgan fingerprint density at radius 2 is 1.95 bits per heavy atom. The molecule has 0 amide bonds. The van der Waals surface area contributed by atoms with Crippen LogP contribution in [0.2, 0.25) is 0 Å². The van der Waals surface area contributed by atoms with E-state index in [1.54, 1.807) is 0 Å². The molecule has 1 atom stereocenters. The molecule has 19 heavy (non-hydrogen) atoms. The fourth-order valence-corrected chi connectivity index (χ4v) is 4.66. The summed E-state index contributed by atoms with van der Waals surface area (Å²) in [7, 11) is -3.18. The van der Waals surface area contributed by atoms with Crippen molar-refractivity contribution in [2.75, 3.05) is 6.61 Å². The summed E-state index contributed by atoms with van der Waals surface area (Å²) in [6.45, 7) is 12.5. The quantitative estimate of drug-likeness (QED) is 0.766. The molecule has 0 aliphatic carbocycles. The summed E-state index contributed by atoms with van der Waals surface area (Å²) >= 11 is 0. The third-order valence-corrected chi connectivity index (χ3v) is 5.71. The van der Waals surface area contributed by atoms with Crippen LogP contribution in [-0.4, -0.2) is 6.61 Å². The predicted octanol–water partition coefficient (Wildman–Crippen LogP) is 4.10. The third-order valence-electron chi connectivity index (χ3n) is 3.45. The Bertz CT molecular complexity index is 541. The second-order valence-electron chi connectivity index (χ2n) is 6.50. The molecule has 1 aliphatic heterocycles. The van der Waals surface area contributed by atoms with Gasteiger partial charge in [-0.05, 0) is 43.4 Å². The topological polar surface area (TPSA) is 35.5 Å². The van der Waals surface area contributed by atoms with Gasteiger partial charge in [-0.2, -0.15) is 0 Å². The highest BCUT2D eigenvalue weighted by Crippen LogP contribution is 2.59. The van der Waals surface area contributed by atoms with Crippen LogP contribution in [0.5, 0.6) is 0 Å². The van der Waals surface area contributed by atoms with Gasteiger partial charge in [0.05, 0.1) is 17.5 Å². The van der Waals surface area contributed by atoms with Gasteiger partial charge < -0.3 is 4.52 Å². The van der Waals surface area contributed by atoms with Crippen molar-refractivity contribution in [3.8, 4) is 0 Å². The largest absolute Gasteiger partial charge is 0.362 e. The minimum Gasteiger partial charge on any atom is -0.305 e. The first kappa shape index (κ1) is 14.8. The maximum Gasteiger partial charge on any atom is 0.362 e. The third kappa shape index (κ3) is 2.52. The fourth-order valence-electron chi connectivity index (χ4n) is 2.40. The molecule has 1 aromatic rings. The fraction of sp³-hybridized carbons (Fsp3) is 0.600. The van der Waals surface area contributed by atoms with Gasteiger partial charge in [-0.25, -0.2) is 0 Å². The van der Waals surface area contributed by atoms with E-state index >= 15 is 0 Å². The molecule has 1 unspecified atom stereocenters. The Balaban J connectivity index is 2.61. The Morgan fingerprint density at radius 3 is 2.47 bits per heavy atom. The lowest BCUT2D eigenvalue weighted by Crippen LogP contribution is -2.19. The van der Waals surface area contributed by atoms with Gasteiger partial charge in [-0.1, -0.05) is 32.9 Å². The molecule has 0 saturated heterocycles. The smallest absolute Gasteiger partial charge is 0.305 e. The van der Waals surface area contributed by atoms with Gasteiger partial charge in [0.1, 0.15) is 0 Å². The first-order valence-electron chi connectivity index (χ1n) is 6.71. The first-order chi connectivity index (χ1) is 8.60. The van der Waals surface area contributed by atoms with E-state index in [2.05, 4.69) is 26.8 Å². The van der Waals surface area contributed by atoms with Crippen LogP contribution in [0.25, 0.3) is 0 Å². The zero-order chi connectivity index (χ0) is 14.5. The maximum atomic E-state index is 12.9. The van der Waals surface area contributed by atoms with E-state index in [0.29, 0.717) is 6.61 Å². The van der Waals surface area contributed by atoms with Crippen LogP contribution in [0.4, 0.5) is 0 Å². The number of benzene rings is 1. The summed E-state index contributed by atoms with van der Waals surface area (Å²) in [5.74, 6) is 0. The van der Waals surface area contributed by atoms with Crippen molar-refractivity contribution in [2.45, 2.75) is 52.6 Å². The van der Waals surface area contributed by atoms with E-state index in [9.17, 15) is 4.57 Å². The van der Waals surface area contributed by atoms with Crippen LogP contribution in [0.3, 0.4) is 0 Å². The molecule has 1 aromatic carbocycles. The standard InChI is InChI=1S/C15H23O3P/c1-7-17-19(16)13-10-11(14(2,3)4)8-9-12(13)15(5,6)18-19/h8-10H,7H2,1-6H3.